The number of amides is 6. The number of halogens is 2. The smallest absolute Gasteiger partial charge is 0.264 e. The number of piperidine rings is 1. The van der Waals surface area contributed by atoms with Crippen molar-refractivity contribution in [2.75, 3.05) is 81.6 Å². The second kappa shape index (κ2) is 18.9. The summed E-state index contributed by atoms with van der Waals surface area (Å²) in [5.41, 5.74) is 1.14. The largest absolute Gasteiger partial charge is 0.508 e. The molecule has 17 nitrogen and oxygen atoms in total. The normalized spacial score (nSPS) is 16.2. The summed E-state index contributed by atoms with van der Waals surface area (Å²) in [6.07, 6.45) is 1.39. The number of fused-ring (bicyclic) bond motifs is 3. The summed E-state index contributed by atoms with van der Waals surface area (Å²) < 4.78 is 22.7. The lowest BCUT2D eigenvalue weighted by Gasteiger charge is -2.35. The van der Waals surface area contributed by atoms with Crippen LogP contribution in [0.4, 0.5) is 21.8 Å². The lowest BCUT2D eigenvalue weighted by Crippen LogP contribution is -2.54. The van der Waals surface area contributed by atoms with Gasteiger partial charge in [-0.05, 0) is 59.2 Å². The molecule has 19 heteroatoms. The van der Waals surface area contributed by atoms with Crippen LogP contribution in [0, 0.1) is 5.82 Å². The summed E-state index contributed by atoms with van der Waals surface area (Å²) in [5.74, 6) is -3.04. The van der Waals surface area contributed by atoms with E-state index in [4.69, 9.17) is 21.3 Å². The van der Waals surface area contributed by atoms with E-state index < -0.39 is 35.5 Å². The van der Waals surface area contributed by atoms with Gasteiger partial charge in [0.15, 0.2) is 5.82 Å². The van der Waals surface area contributed by atoms with E-state index in [1.807, 2.05) is 29.2 Å². The molecule has 1 atom stereocenters. The number of anilines is 3. The van der Waals surface area contributed by atoms with Gasteiger partial charge in [0.2, 0.25) is 29.6 Å². The third kappa shape index (κ3) is 8.99. The Bertz CT molecular complexity index is 2780. The number of carbonyl (C=O) groups is 6. The minimum Gasteiger partial charge on any atom is -0.508 e. The number of hydrogen-bond acceptors (Lipinski definition) is 13. The number of aromatic hydroxyl groups is 1. The van der Waals surface area contributed by atoms with E-state index in [1.165, 1.54) is 23.1 Å². The summed E-state index contributed by atoms with van der Waals surface area (Å²) in [5, 5.41) is 20.8. The number of phenols is 1. The first-order valence-electron chi connectivity index (χ1n) is 21.1. The number of piperazine rings is 1. The third-order valence-electron chi connectivity index (χ3n) is 11.7. The highest BCUT2D eigenvalue weighted by atomic mass is 35.5. The van der Waals surface area contributed by atoms with Crippen LogP contribution in [0.25, 0.3) is 32.8 Å². The molecular formula is C46H45ClFN9O8. The van der Waals surface area contributed by atoms with Gasteiger partial charge in [-0.2, -0.15) is 4.98 Å². The molecule has 2 fully saturated rings. The van der Waals surface area contributed by atoms with Crippen molar-refractivity contribution in [1.82, 2.24) is 30.0 Å². The molecular weight excluding hydrogens is 861 g/mol. The van der Waals surface area contributed by atoms with Crippen LogP contribution in [-0.4, -0.2) is 137 Å². The fraction of sp³-hybridized carbons (Fsp3) is 0.304. The lowest BCUT2D eigenvalue weighted by atomic mass is 9.96. The Labute approximate surface area is 377 Å². The van der Waals surface area contributed by atoms with E-state index in [2.05, 4.69) is 27.5 Å². The average molecular weight is 906 g/mol. The Kier molecular flexibility index (Phi) is 12.9. The predicted octanol–water partition coefficient (Wildman–Crippen LogP) is 4.57. The van der Waals surface area contributed by atoms with Crippen LogP contribution in [0.5, 0.6) is 5.75 Å². The van der Waals surface area contributed by atoms with Crippen molar-refractivity contribution in [2.24, 2.45) is 0 Å². The molecule has 0 radical (unpaired) electrons. The number of ether oxygens (including phenoxy) is 1. The predicted molar refractivity (Wildman–Crippen MR) is 241 cm³/mol. The zero-order valence-electron chi connectivity index (χ0n) is 35.4. The average Bonchev–Trinajstić information content (AvgIpc) is 3.55. The highest BCUT2D eigenvalue weighted by Crippen LogP contribution is 2.42. The standard InChI is InChI=1S/C46H45ClFN9O8/c1-3-36(60)55-16-18-56(19-17-55)42-31-25-32(47)38(30-24-27(58)23-26-7-4-5-8-28(26)30)40(48)41(31)52-46(53-42)50-14-13-37(61)54(2)20-22-65-21-15-49-33-10-6-9-29-39(33)45(64)57(44(29)63)34-11-12-35(59)51-43(34)62/h3-10,23-25,34,49,58H,1,11-22H2,2H3,(H,50,52,53)(H,51,59,62). The first kappa shape index (κ1) is 44.4. The van der Waals surface area contributed by atoms with Gasteiger partial charge in [0.1, 0.15) is 23.1 Å². The van der Waals surface area contributed by atoms with Crippen LogP contribution in [0.3, 0.4) is 0 Å². The van der Waals surface area contributed by atoms with Gasteiger partial charge in [-0.1, -0.05) is 48.5 Å². The summed E-state index contributed by atoms with van der Waals surface area (Å²) >= 11 is 6.86. The summed E-state index contributed by atoms with van der Waals surface area (Å²) in [7, 11) is 1.64. The van der Waals surface area contributed by atoms with Crippen molar-refractivity contribution in [3.8, 4) is 16.9 Å². The Morgan fingerprint density at radius 1 is 0.954 bits per heavy atom. The van der Waals surface area contributed by atoms with E-state index >= 15 is 4.39 Å². The third-order valence-corrected chi connectivity index (χ3v) is 12.0. The maximum Gasteiger partial charge on any atom is 0.264 e. The second-order valence-corrected chi connectivity index (χ2v) is 16.2. The van der Waals surface area contributed by atoms with Gasteiger partial charge < -0.3 is 35.2 Å². The van der Waals surface area contributed by atoms with E-state index in [1.54, 1.807) is 36.2 Å². The molecule has 0 bridgehead atoms. The number of hydrogen-bond donors (Lipinski definition) is 4. The van der Waals surface area contributed by atoms with Gasteiger partial charge in [0, 0.05) is 82.3 Å². The number of benzene rings is 4. The highest BCUT2D eigenvalue weighted by molar-refractivity contribution is 6.35. The zero-order chi connectivity index (χ0) is 45.9. The maximum absolute atomic E-state index is 16.9. The molecule has 3 aliphatic rings. The summed E-state index contributed by atoms with van der Waals surface area (Å²) in [6, 6.07) is 15.6. The minimum absolute atomic E-state index is 0.0186. The van der Waals surface area contributed by atoms with Crippen molar-refractivity contribution in [1.29, 1.82) is 0 Å². The fourth-order valence-corrected chi connectivity index (χ4v) is 8.63. The number of likely N-dealkylation sites (N-methyl/N-ethyl adjacent to an activating group) is 1. The van der Waals surface area contributed by atoms with Gasteiger partial charge >= 0.3 is 0 Å². The Morgan fingerprint density at radius 2 is 1.74 bits per heavy atom. The van der Waals surface area contributed by atoms with Gasteiger partial charge in [-0.3, -0.25) is 39.0 Å². The molecule has 4 N–H and O–H groups in total. The molecule has 2 saturated heterocycles. The molecule has 4 heterocycles. The van der Waals surface area contributed by atoms with E-state index in [0.717, 1.165) is 4.90 Å². The van der Waals surface area contributed by atoms with Gasteiger partial charge in [-0.25, -0.2) is 9.37 Å². The topological polar surface area (TPSA) is 207 Å². The number of nitrogens with zero attached hydrogens (tertiary/aromatic N) is 6. The van der Waals surface area contributed by atoms with Crippen LogP contribution in [0.1, 0.15) is 40.0 Å². The molecule has 4 aromatic carbocycles. The van der Waals surface area contributed by atoms with Crippen LogP contribution in [0.15, 0.2) is 73.3 Å². The molecule has 1 aromatic heterocycles. The van der Waals surface area contributed by atoms with E-state index in [-0.39, 0.29) is 103 Å². The molecule has 5 aromatic rings. The Hall–Kier alpha value is -7.18. The van der Waals surface area contributed by atoms with Crippen LogP contribution < -0.4 is 20.9 Å². The molecule has 1 unspecified atom stereocenters. The number of rotatable bonds is 15. The Balaban J connectivity index is 0.891. The molecule has 6 amide bonds. The first-order valence-corrected chi connectivity index (χ1v) is 21.4. The quantitative estimate of drug-likeness (QED) is 0.0646. The highest BCUT2D eigenvalue weighted by Gasteiger charge is 2.45. The molecule has 3 aliphatic heterocycles. The maximum atomic E-state index is 16.9. The Morgan fingerprint density at radius 3 is 2.51 bits per heavy atom. The van der Waals surface area contributed by atoms with Crippen LogP contribution in [0.2, 0.25) is 5.02 Å². The molecule has 0 spiro atoms. The molecule has 336 valence electrons. The minimum atomic E-state index is -1.07. The number of imide groups is 2. The molecule has 8 rings (SSSR count). The van der Waals surface area contributed by atoms with Crippen molar-refractivity contribution >= 4 is 86.2 Å². The second-order valence-electron chi connectivity index (χ2n) is 15.8. The van der Waals surface area contributed by atoms with Crippen molar-refractivity contribution in [3.05, 3.63) is 95.3 Å². The SMILES string of the molecule is C=CC(=O)N1CCN(c2nc(NCCC(=O)N(C)CCOCCNc3cccc4c3C(=O)N(C3CCC(=O)NC3=O)C4=O)nc3c(F)c(-c4cc(O)cc5ccccc45)c(Cl)cc23)CC1. The van der Waals surface area contributed by atoms with Crippen molar-refractivity contribution in [2.45, 2.75) is 25.3 Å². The van der Waals surface area contributed by atoms with E-state index in [0.29, 0.717) is 59.4 Å². The lowest BCUT2D eigenvalue weighted by molar-refractivity contribution is -0.136. The molecule has 0 aliphatic carbocycles. The first-order chi connectivity index (χ1) is 31.3. The van der Waals surface area contributed by atoms with Crippen LogP contribution >= 0.6 is 11.6 Å². The monoisotopic (exact) mass is 905 g/mol. The number of nitrogens with one attached hydrogen (secondary N) is 3. The van der Waals surface area contributed by atoms with E-state index in [9.17, 15) is 33.9 Å². The number of carbonyl (C=O) groups excluding carboxylic acids is 6. The summed E-state index contributed by atoms with van der Waals surface area (Å²) in [4.78, 5) is 91.4. The van der Waals surface area contributed by atoms with Crippen molar-refractivity contribution < 1.29 is 43.0 Å². The number of aromatic nitrogens is 2. The molecule has 0 saturated carbocycles. The van der Waals surface area contributed by atoms with Gasteiger partial charge in [0.25, 0.3) is 11.8 Å². The summed E-state index contributed by atoms with van der Waals surface area (Å²) in [6.45, 7) is 6.20. The molecule has 65 heavy (non-hydrogen) atoms. The van der Waals surface area contributed by atoms with Crippen molar-refractivity contribution in [3.63, 3.8) is 0 Å². The van der Waals surface area contributed by atoms with Crippen LogP contribution in [-0.2, 0) is 23.9 Å². The number of phenolic OH excluding ortho intramolecular Hbond substituents is 1. The fourth-order valence-electron chi connectivity index (χ4n) is 8.34. The zero-order valence-corrected chi connectivity index (χ0v) is 36.1. The van der Waals surface area contributed by atoms with Gasteiger partial charge in [0.05, 0.1) is 29.4 Å². The van der Waals surface area contributed by atoms with Gasteiger partial charge in [-0.15, -0.1) is 0 Å².